The van der Waals surface area contributed by atoms with E-state index in [9.17, 15) is 12.8 Å². The second-order valence-electron chi connectivity index (χ2n) is 8.04. The molecule has 1 aromatic carbocycles. The normalized spacial score (nSPS) is 20.6. The van der Waals surface area contributed by atoms with Gasteiger partial charge in [-0.3, -0.25) is 4.99 Å². The van der Waals surface area contributed by atoms with Crippen LogP contribution in [0.5, 0.6) is 0 Å². The van der Waals surface area contributed by atoms with Crippen molar-refractivity contribution in [3.05, 3.63) is 35.6 Å². The van der Waals surface area contributed by atoms with E-state index in [1.54, 1.807) is 6.07 Å². The standard InChI is InChI=1S/C21H33FN4O3S.HI/c1-2-23-20(25-16-21(10-11-21)18-8-3-4-9-19(18)22)24-12-14-30(27,28)26-15-17-7-5-6-13-29-17;/h3-4,8-9,17,26H,2,5-7,10-16H2,1H3,(H2,23,24,25);1H. The van der Waals surface area contributed by atoms with Gasteiger partial charge in [-0.25, -0.2) is 17.5 Å². The highest BCUT2D eigenvalue weighted by atomic mass is 127. The highest BCUT2D eigenvalue weighted by Gasteiger charge is 2.45. The highest BCUT2D eigenvalue weighted by molar-refractivity contribution is 14.0. The molecule has 3 N–H and O–H groups in total. The summed E-state index contributed by atoms with van der Waals surface area (Å²) in [7, 11) is -3.40. The zero-order valence-electron chi connectivity index (χ0n) is 18.0. The number of hydrogen-bond acceptors (Lipinski definition) is 4. The van der Waals surface area contributed by atoms with Crippen LogP contribution in [0.1, 0.15) is 44.6 Å². The summed E-state index contributed by atoms with van der Waals surface area (Å²) in [5, 5.41) is 6.20. The van der Waals surface area contributed by atoms with Crippen LogP contribution in [0.15, 0.2) is 29.3 Å². The lowest BCUT2D eigenvalue weighted by atomic mass is 9.95. The molecule has 0 spiro atoms. The van der Waals surface area contributed by atoms with E-state index >= 15 is 0 Å². The Labute approximate surface area is 202 Å². The molecular weight excluding hydrogens is 534 g/mol. The van der Waals surface area contributed by atoms with Gasteiger partial charge in [0.2, 0.25) is 10.0 Å². The Balaban J connectivity index is 0.00000341. The van der Waals surface area contributed by atoms with Gasteiger partial charge in [0.05, 0.1) is 18.4 Å². The first-order valence-electron chi connectivity index (χ1n) is 10.8. The Morgan fingerprint density at radius 3 is 2.68 bits per heavy atom. The Morgan fingerprint density at radius 2 is 2.03 bits per heavy atom. The average Bonchev–Trinajstić information content (AvgIpc) is 3.52. The SMILES string of the molecule is CCNC(=NCC1(c2ccccc2F)CC1)NCCS(=O)(=O)NCC1CCCCO1.I. The van der Waals surface area contributed by atoms with E-state index in [-0.39, 0.29) is 53.6 Å². The van der Waals surface area contributed by atoms with Gasteiger partial charge in [0, 0.05) is 31.7 Å². The lowest BCUT2D eigenvalue weighted by Gasteiger charge is -2.22. The predicted molar refractivity (Wildman–Crippen MR) is 132 cm³/mol. The van der Waals surface area contributed by atoms with Crippen LogP contribution in [0.25, 0.3) is 0 Å². The fourth-order valence-corrected chi connectivity index (χ4v) is 4.65. The Bertz CT molecular complexity index is 828. The lowest BCUT2D eigenvalue weighted by Crippen LogP contribution is -2.43. The summed E-state index contributed by atoms with van der Waals surface area (Å²) in [6.45, 7) is 4.32. The number of nitrogens with zero attached hydrogens (tertiary/aromatic N) is 1. The van der Waals surface area contributed by atoms with Gasteiger partial charge in [0.1, 0.15) is 5.82 Å². The number of sulfonamides is 1. The van der Waals surface area contributed by atoms with Crippen LogP contribution < -0.4 is 15.4 Å². The first-order valence-corrected chi connectivity index (χ1v) is 12.5. The van der Waals surface area contributed by atoms with Crippen molar-refractivity contribution in [1.29, 1.82) is 0 Å². The van der Waals surface area contributed by atoms with Crippen LogP contribution in [-0.4, -0.2) is 59.0 Å². The molecule has 2 fully saturated rings. The zero-order chi connectivity index (χ0) is 21.5. The molecule has 31 heavy (non-hydrogen) atoms. The van der Waals surface area contributed by atoms with Crippen LogP contribution in [0.2, 0.25) is 0 Å². The maximum atomic E-state index is 14.2. The van der Waals surface area contributed by atoms with Crippen LogP contribution >= 0.6 is 24.0 Å². The average molecular weight is 568 g/mol. The van der Waals surface area contributed by atoms with Crippen LogP contribution in [0, 0.1) is 5.82 Å². The molecule has 10 heteroatoms. The van der Waals surface area contributed by atoms with Crippen molar-refractivity contribution in [3.8, 4) is 0 Å². The van der Waals surface area contributed by atoms with Crippen LogP contribution in [-0.2, 0) is 20.2 Å². The second-order valence-corrected chi connectivity index (χ2v) is 9.96. The minimum Gasteiger partial charge on any atom is -0.377 e. The van der Waals surface area contributed by atoms with Gasteiger partial charge in [0.15, 0.2) is 5.96 Å². The fraction of sp³-hybridized carbons (Fsp3) is 0.667. The first-order chi connectivity index (χ1) is 14.4. The monoisotopic (exact) mass is 568 g/mol. The Morgan fingerprint density at radius 1 is 1.26 bits per heavy atom. The van der Waals surface area contributed by atoms with E-state index in [2.05, 4.69) is 20.3 Å². The molecule has 1 atom stereocenters. The lowest BCUT2D eigenvalue weighted by molar-refractivity contribution is 0.0200. The van der Waals surface area contributed by atoms with E-state index in [0.29, 0.717) is 37.8 Å². The first kappa shape index (κ1) is 26.3. The van der Waals surface area contributed by atoms with Crippen molar-refractivity contribution >= 4 is 40.0 Å². The van der Waals surface area contributed by atoms with E-state index in [1.165, 1.54) is 6.07 Å². The minimum absolute atomic E-state index is 0. The molecule has 0 amide bonds. The molecule has 1 saturated heterocycles. The van der Waals surface area contributed by atoms with Gasteiger partial charge in [-0.05, 0) is 50.7 Å². The van der Waals surface area contributed by atoms with Crippen molar-refractivity contribution in [1.82, 2.24) is 15.4 Å². The largest absolute Gasteiger partial charge is 0.377 e. The Kier molecular flexibility index (Phi) is 10.4. The summed E-state index contributed by atoms with van der Waals surface area (Å²) in [6, 6.07) is 6.85. The molecule has 0 bridgehead atoms. The topological polar surface area (TPSA) is 91.8 Å². The zero-order valence-corrected chi connectivity index (χ0v) is 21.2. The van der Waals surface area contributed by atoms with E-state index in [0.717, 1.165) is 32.1 Å². The molecule has 0 aromatic heterocycles. The summed E-state index contributed by atoms with van der Waals surface area (Å²) in [5.74, 6) is 0.302. The number of hydrogen-bond donors (Lipinski definition) is 3. The summed E-state index contributed by atoms with van der Waals surface area (Å²) in [4.78, 5) is 4.60. The van der Waals surface area contributed by atoms with Crippen molar-refractivity contribution in [2.24, 2.45) is 4.99 Å². The minimum atomic E-state index is -3.40. The van der Waals surface area contributed by atoms with Gasteiger partial charge < -0.3 is 15.4 Å². The van der Waals surface area contributed by atoms with Crippen molar-refractivity contribution in [2.75, 3.05) is 38.5 Å². The summed E-state index contributed by atoms with van der Waals surface area (Å²) < 4.78 is 46.9. The maximum Gasteiger partial charge on any atom is 0.213 e. The number of halogens is 2. The third-order valence-electron chi connectivity index (χ3n) is 5.65. The van der Waals surface area contributed by atoms with Gasteiger partial charge in [-0.15, -0.1) is 24.0 Å². The fourth-order valence-electron chi connectivity index (χ4n) is 3.69. The number of rotatable bonds is 10. The van der Waals surface area contributed by atoms with Crippen molar-refractivity contribution in [2.45, 2.75) is 50.5 Å². The summed E-state index contributed by atoms with van der Waals surface area (Å²) in [6.07, 6.45) is 4.77. The molecule has 1 aliphatic heterocycles. The van der Waals surface area contributed by atoms with Crippen LogP contribution in [0.4, 0.5) is 4.39 Å². The molecule has 1 aliphatic carbocycles. The quantitative estimate of drug-likeness (QED) is 0.229. The van der Waals surface area contributed by atoms with E-state index in [4.69, 9.17) is 4.74 Å². The molecular formula is C21H34FIN4O3S. The molecule has 1 aromatic rings. The molecule has 0 radical (unpaired) electrons. The molecule has 1 saturated carbocycles. The summed E-state index contributed by atoms with van der Waals surface area (Å²) >= 11 is 0. The predicted octanol–water partition coefficient (Wildman–Crippen LogP) is 2.52. The molecule has 7 nitrogen and oxygen atoms in total. The third-order valence-corrected chi connectivity index (χ3v) is 7.00. The molecule has 176 valence electrons. The molecule has 3 rings (SSSR count). The molecule has 2 aliphatic rings. The highest BCUT2D eigenvalue weighted by Crippen LogP contribution is 2.49. The smallest absolute Gasteiger partial charge is 0.213 e. The van der Waals surface area contributed by atoms with Crippen molar-refractivity contribution in [3.63, 3.8) is 0 Å². The van der Waals surface area contributed by atoms with E-state index < -0.39 is 10.0 Å². The molecule has 1 unspecified atom stereocenters. The number of nitrogens with one attached hydrogen (secondary N) is 3. The maximum absolute atomic E-state index is 14.2. The number of benzene rings is 1. The summed E-state index contributed by atoms with van der Waals surface area (Å²) in [5.41, 5.74) is 0.461. The third kappa shape index (κ3) is 8.14. The number of ether oxygens (including phenoxy) is 1. The van der Waals surface area contributed by atoms with Gasteiger partial charge in [0.25, 0.3) is 0 Å². The van der Waals surface area contributed by atoms with Crippen LogP contribution in [0.3, 0.4) is 0 Å². The Hall–Kier alpha value is -0.980. The number of aliphatic imine (C=N–C) groups is 1. The van der Waals surface area contributed by atoms with Crippen molar-refractivity contribution < 1.29 is 17.5 Å². The molecule has 1 heterocycles. The van der Waals surface area contributed by atoms with E-state index in [1.807, 2.05) is 19.1 Å². The van der Waals surface area contributed by atoms with Gasteiger partial charge in [-0.2, -0.15) is 0 Å². The van der Waals surface area contributed by atoms with Gasteiger partial charge in [-0.1, -0.05) is 18.2 Å². The second kappa shape index (κ2) is 12.3. The number of guanidine groups is 1. The van der Waals surface area contributed by atoms with Gasteiger partial charge >= 0.3 is 0 Å².